The summed E-state index contributed by atoms with van der Waals surface area (Å²) in [6, 6.07) is 8.37. The highest BCUT2D eigenvalue weighted by Gasteiger charge is 2.36. The molecule has 0 unspecified atom stereocenters. The molecule has 0 heterocycles. The molecule has 20 heavy (non-hydrogen) atoms. The maximum absolute atomic E-state index is 10.7. The van der Waals surface area contributed by atoms with Crippen LogP contribution in [0.3, 0.4) is 0 Å². The Balaban J connectivity index is 0.000000396. The molecule has 0 saturated carbocycles. The van der Waals surface area contributed by atoms with Gasteiger partial charge in [0.1, 0.15) is 6.54 Å². The number of alkyl halides is 3. The molecule has 9 heteroatoms. The highest BCUT2D eigenvalue weighted by atomic mass is 79.9. The standard InChI is InChI=1S/C10H15BrN.CHF3O3S/c1-12(2,3)8-9-6-4-5-7-10(9)11;2-1(3,4)8(5,6)7/h4-7H,8H2,1-3H3;(H,5,6,7)/q+1;/p-1. The molecule has 0 aliphatic heterocycles. The maximum atomic E-state index is 10.7. The van der Waals surface area contributed by atoms with Gasteiger partial charge in [-0.25, -0.2) is 8.42 Å². The number of rotatable bonds is 2. The van der Waals surface area contributed by atoms with Crippen molar-refractivity contribution in [3.63, 3.8) is 0 Å². The first-order valence-corrected chi connectivity index (χ1v) is 7.50. The fraction of sp³-hybridized carbons (Fsp3) is 0.455. The first-order chi connectivity index (χ1) is 8.74. The van der Waals surface area contributed by atoms with Gasteiger partial charge in [0.05, 0.1) is 21.1 Å². The quantitative estimate of drug-likeness (QED) is 0.452. The average Bonchev–Trinajstić information content (AvgIpc) is 2.17. The van der Waals surface area contributed by atoms with E-state index in [4.69, 9.17) is 13.0 Å². The van der Waals surface area contributed by atoms with Crippen LogP contribution >= 0.6 is 15.9 Å². The molecule has 0 saturated heterocycles. The van der Waals surface area contributed by atoms with E-state index in [1.165, 1.54) is 10.0 Å². The van der Waals surface area contributed by atoms with Gasteiger partial charge in [-0.3, -0.25) is 0 Å². The highest BCUT2D eigenvalue weighted by Crippen LogP contribution is 2.20. The van der Waals surface area contributed by atoms with Crippen molar-refractivity contribution in [1.82, 2.24) is 0 Å². The lowest BCUT2D eigenvalue weighted by molar-refractivity contribution is -0.884. The van der Waals surface area contributed by atoms with E-state index in [1.807, 2.05) is 6.07 Å². The van der Waals surface area contributed by atoms with Gasteiger partial charge >= 0.3 is 5.51 Å². The minimum Gasteiger partial charge on any atom is -0.741 e. The van der Waals surface area contributed by atoms with E-state index in [9.17, 15) is 13.2 Å². The lowest BCUT2D eigenvalue weighted by Gasteiger charge is -2.24. The molecule has 116 valence electrons. The number of hydrogen-bond acceptors (Lipinski definition) is 3. The van der Waals surface area contributed by atoms with Crippen LogP contribution in [0.5, 0.6) is 0 Å². The Kier molecular flexibility index (Phi) is 6.66. The normalized spacial score (nSPS) is 12.6. The lowest BCUT2D eigenvalue weighted by atomic mass is 10.2. The highest BCUT2D eigenvalue weighted by molar-refractivity contribution is 9.10. The molecule has 1 aromatic carbocycles. The molecule has 0 aliphatic rings. The predicted molar refractivity (Wildman–Crippen MR) is 71.6 cm³/mol. The van der Waals surface area contributed by atoms with Gasteiger partial charge < -0.3 is 9.04 Å². The average molecular weight is 378 g/mol. The molecule has 0 N–H and O–H groups in total. The van der Waals surface area contributed by atoms with Crippen LogP contribution in [0.15, 0.2) is 28.7 Å². The Bertz CT molecular complexity index is 539. The minimum atomic E-state index is -6.09. The second kappa shape index (κ2) is 6.88. The van der Waals surface area contributed by atoms with Crippen molar-refractivity contribution in [2.45, 2.75) is 12.1 Å². The van der Waals surface area contributed by atoms with E-state index < -0.39 is 15.6 Å². The molecule has 0 amide bonds. The van der Waals surface area contributed by atoms with Crippen LogP contribution in [-0.4, -0.2) is 44.1 Å². The van der Waals surface area contributed by atoms with Gasteiger partial charge in [-0.15, -0.1) is 0 Å². The van der Waals surface area contributed by atoms with Crippen molar-refractivity contribution in [2.24, 2.45) is 0 Å². The number of hydrogen-bond donors (Lipinski definition) is 0. The van der Waals surface area contributed by atoms with E-state index in [-0.39, 0.29) is 0 Å². The molecular weight excluding hydrogens is 363 g/mol. The van der Waals surface area contributed by atoms with Gasteiger partial charge in [0.15, 0.2) is 10.1 Å². The van der Waals surface area contributed by atoms with Crippen LogP contribution in [-0.2, 0) is 16.7 Å². The summed E-state index contributed by atoms with van der Waals surface area (Å²) in [5.41, 5.74) is -4.28. The summed E-state index contributed by atoms with van der Waals surface area (Å²) in [6.07, 6.45) is 0. The van der Waals surface area contributed by atoms with Gasteiger partial charge in [0.2, 0.25) is 0 Å². The third-order valence-corrected chi connectivity index (χ3v) is 3.23. The van der Waals surface area contributed by atoms with Gasteiger partial charge in [-0.05, 0) is 6.07 Å². The van der Waals surface area contributed by atoms with Crippen LogP contribution in [0.1, 0.15) is 5.56 Å². The Morgan fingerprint density at radius 3 is 1.90 bits per heavy atom. The van der Waals surface area contributed by atoms with Crippen LogP contribution < -0.4 is 0 Å². The summed E-state index contributed by atoms with van der Waals surface area (Å²) >= 11 is 3.54. The second-order valence-electron chi connectivity index (χ2n) is 4.94. The molecule has 1 rings (SSSR count). The molecule has 0 radical (unpaired) electrons. The van der Waals surface area contributed by atoms with Crippen molar-refractivity contribution in [3.8, 4) is 0 Å². The van der Waals surface area contributed by atoms with Crippen molar-refractivity contribution in [2.75, 3.05) is 21.1 Å². The summed E-state index contributed by atoms with van der Waals surface area (Å²) in [4.78, 5) is 0. The van der Waals surface area contributed by atoms with Crippen molar-refractivity contribution >= 4 is 26.0 Å². The lowest BCUT2D eigenvalue weighted by Crippen LogP contribution is -2.33. The molecule has 0 aromatic heterocycles. The summed E-state index contributed by atoms with van der Waals surface area (Å²) in [6.45, 7) is 1.06. The van der Waals surface area contributed by atoms with Crippen molar-refractivity contribution < 1.29 is 30.6 Å². The van der Waals surface area contributed by atoms with E-state index in [2.05, 4.69) is 55.3 Å². The van der Waals surface area contributed by atoms with Crippen LogP contribution in [0.25, 0.3) is 0 Å². The Labute approximate surface area is 124 Å². The largest absolute Gasteiger partial charge is 0.741 e. The van der Waals surface area contributed by atoms with Gasteiger partial charge in [0.25, 0.3) is 0 Å². The second-order valence-corrected chi connectivity index (χ2v) is 7.17. The summed E-state index contributed by atoms with van der Waals surface area (Å²) in [5.74, 6) is 0. The van der Waals surface area contributed by atoms with Gasteiger partial charge in [0, 0.05) is 10.0 Å². The molecule has 4 nitrogen and oxygen atoms in total. The Morgan fingerprint density at radius 2 is 1.60 bits per heavy atom. The third-order valence-electron chi connectivity index (χ3n) is 1.89. The summed E-state index contributed by atoms with van der Waals surface area (Å²) in [5, 5.41) is 0. The minimum absolute atomic E-state index is 0.961. The van der Waals surface area contributed by atoms with Crippen molar-refractivity contribution in [3.05, 3.63) is 34.3 Å². The number of halogens is 4. The maximum Gasteiger partial charge on any atom is 0.485 e. The number of nitrogens with zero attached hydrogens (tertiary/aromatic N) is 1. The SMILES string of the molecule is C[N+](C)(C)Cc1ccccc1Br.O=S(=O)([O-])C(F)(F)F. The van der Waals surface area contributed by atoms with Crippen molar-refractivity contribution in [1.29, 1.82) is 0 Å². The monoisotopic (exact) mass is 377 g/mol. The van der Waals surface area contributed by atoms with Crippen LogP contribution in [0, 0.1) is 0 Å². The molecule has 0 bridgehead atoms. The zero-order valence-corrected chi connectivity index (χ0v) is 13.5. The molecule has 0 spiro atoms. The van der Waals surface area contributed by atoms with E-state index in [0.29, 0.717) is 0 Å². The van der Waals surface area contributed by atoms with E-state index >= 15 is 0 Å². The topological polar surface area (TPSA) is 57.2 Å². The van der Waals surface area contributed by atoms with E-state index in [1.54, 1.807) is 0 Å². The smallest absolute Gasteiger partial charge is 0.485 e. The first kappa shape index (κ1) is 19.4. The molecule has 0 fully saturated rings. The first-order valence-electron chi connectivity index (χ1n) is 5.30. The molecular formula is C11H15BrF3NO3S. The van der Waals surface area contributed by atoms with Crippen LogP contribution in [0.2, 0.25) is 0 Å². The molecule has 0 atom stereocenters. The molecule has 1 aromatic rings. The van der Waals surface area contributed by atoms with Gasteiger partial charge in [-0.2, -0.15) is 13.2 Å². The fourth-order valence-electron chi connectivity index (χ4n) is 1.14. The third kappa shape index (κ3) is 7.83. The fourth-order valence-corrected chi connectivity index (χ4v) is 1.55. The molecule has 0 aliphatic carbocycles. The summed E-state index contributed by atoms with van der Waals surface area (Å²) < 4.78 is 61.1. The van der Waals surface area contributed by atoms with E-state index in [0.717, 1.165) is 11.0 Å². The Morgan fingerprint density at radius 1 is 1.20 bits per heavy atom. The Hall–Kier alpha value is -0.640. The zero-order chi connectivity index (χ0) is 16.2. The number of benzene rings is 1. The summed E-state index contributed by atoms with van der Waals surface area (Å²) in [7, 11) is 0.491. The van der Waals surface area contributed by atoms with Gasteiger partial charge in [-0.1, -0.05) is 34.1 Å². The van der Waals surface area contributed by atoms with Crippen LogP contribution in [0.4, 0.5) is 13.2 Å². The number of quaternary nitrogens is 1. The predicted octanol–water partition coefficient (Wildman–Crippen LogP) is 2.71. The zero-order valence-electron chi connectivity index (χ0n) is 11.1.